The first-order chi connectivity index (χ1) is 8.66. The number of carbonyl (C=O) groups is 1. The van der Waals surface area contributed by atoms with E-state index >= 15 is 0 Å². The van der Waals surface area contributed by atoms with Crippen LogP contribution >= 0.6 is 11.6 Å². The fourth-order valence-electron chi connectivity index (χ4n) is 2.68. The molecule has 0 bridgehead atoms. The minimum atomic E-state index is -0.789. The Balaban J connectivity index is 2.21. The molecular formula is C15H11ClO2. The van der Waals surface area contributed by atoms with Gasteiger partial charge >= 0.3 is 5.97 Å². The third kappa shape index (κ3) is 1.70. The molecule has 0 spiro atoms. The quantitative estimate of drug-likeness (QED) is 0.886. The first-order valence-corrected chi connectivity index (χ1v) is 6.15. The number of halogens is 1. The summed E-state index contributed by atoms with van der Waals surface area (Å²) in [4.78, 5) is 11.0. The highest BCUT2D eigenvalue weighted by Gasteiger charge is 2.29. The molecule has 1 aliphatic carbocycles. The molecule has 2 nitrogen and oxygen atoms in total. The molecule has 1 unspecified atom stereocenters. The minimum absolute atomic E-state index is 0.0904. The molecular weight excluding hydrogens is 248 g/mol. The Morgan fingerprint density at radius 3 is 2.61 bits per heavy atom. The van der Waals surface area contributed by atoms with Crippen molar-refractivity contribution in [1.82, 2.24) is 0 Å². The van der Waals surface area contributed by atoms with Crippen LogP contribution < -0.4 is 0 Å². The van der Waals surface area contributed by atoms with Gasteiger partial charge in [0.05, 0.1) is 6.42 Å². The van der Waals surface area contributed by atoms with E-state index in [9.17, 15) is 4.79 Å². The van der Waals surface area contributed by atoms with Gasteiger partial charge in [-0.3, -0.25) is 4.79 Å². The van der Waals surface area contributed by atoms with Gasteiger partial charge in [0.2, 0.25) is 0 Å². The lowest BCUT2D eigenvalue weighted by Gasteiger charge is -2.10. The van der Waals surface area contributed by atoms with E-state index < -0.39 is 5.97 Å². The second-order valence-electron chi connectivity index (χ2n) is 4.47. The van der Waals surface area contributed by atoms with Gasteiger partial charge in [0.1, 0.15) is 0 Å². The number of hydrogen-bond acceptors (Lipinski definition) is 1. The van der Waals surface area contributed by atoms with Crippen molar-refractivity contribution in [3.05, 3.63) is 58.6 Å². The molecule has 0 radical (unpaired) electrons. The third-order valence-corrected chi connectivity index (χ3v) is 3.63. The van der Waals surface area contributed by atoms with E-state index in [4.69, 9.17) is 16.7 Å². The van der Waals surface area contributed by atoms with E-state index in [1.807, 2.05) is 42.5 Å². The van der Waals surface area contributed by atoms with Gasteiger partial charge in [0.15, 0.2) is 0 Å². The topological polar surface area (TPSA) is 37.3 Å². The lowest BCUT2D eigenvalue weighted by atomic mass is 9.94. The van der Waals surface area contributed by atoms with E-state index in [1.54, 1.807) is 0 Å². The highest BCUT2D eigenvalue weighted by Crippen LogP contribution is 2.46. The maximum atomic E-state index is 11.0. The van der Waals surface area contributed by atoms with E-state index in [2.05, 4.69) is 0 Å². The van der Waals surface area contributed by atoms with Crippen LogP contribution in [0.1, 0.15) is 23.5 Å². The average molecular weight is 259 g/mol. The summed E-state index contributed by atoms with van der Waals surface area (Å²) in [6.45, 7) is 0. The lowest BCUT2D eigenvalue weighted by Crippen LogP contribution is -2.04. The molecule has 0 fully saturated rings. The summed E-state index contributed by atoms with van der Waals surface area (Å²) in [6.07, 6.45) is 0.102. The maximum absolute atomic E-state index is 11.0. The molecule has 0 heterocycles. The van der Waals surface area contributed by atoms with Crippen LogP contribution in [0.25, 0.3) is 11.1 Å². The second-order valence-corrected chi connectivity index (χ2v) is 4.91. The fourth-order valence-corrected chi connectivity index (χ4v) is 2.86. The normalized spacial score (nSPS) is 16.2. The van der Waals surface area contributed by atoms with Crippen LogP contribution in [0.15, 0.2) is 42.5 Å². The fraction of sp³-hybridized carbons (Fsp3) is 0.133. The Hall–Kier alpha value is -1.80. The summed E-state index contributed by atoms with van der Waals surface area (Å²) in [5.41, 5.74) is 4.32. The molecule has 1 aliphatic rings. The summed E-state index contributed by atoms with van der Waals surface area (Å²) < 4.78 is 0. The highest BCUT2D eigenvalue weighted by molar-refractivity contribution is 6.30. The summed E-state index contributed by atoms with van der Waals surface area (Å²) >= 11 is 6.02. The van der Waals surface area contributed by atoms with Crippen LogP contribution in [0.2, 0.25) is 5.02 Å². The first-order valence-electron chi connectivity index (χ1n) is 5.77. The number of rotatable bonds is 2. The molecule has 1 N–H and O–H groups in total. The molecule has 0 saturated heterocycles. The molecule has 0 aromatic heterocycles. The van der Waals surface area contributed by atoms with E-state index in [-0.39, 0.29) is 12.3 Å². The van der Waals surface area contributed by atoms with Gasteiger partial charge in [0.25, 0.3) is 0 Å². The monoisotopic (exact) mass is 258 g/mol. The Morgan fingerprint density at radius 2 is 1.83 bits per heavy atom. The molecule has 90 valence electrons. The number of benzene rings is 2. The van der Waals surface area contributed by atoms with Crippen molar-refractivity contribution in [3.63, 3.8) is 0 Å². The van der Waals surface area contributed by atoms with Gasteiger partial charge in [-0.25, -0.2) is 0 Å². The van der Waals surface area contributed by atoms with Crippen molar-refractivity contribution in [3.8, 4) is 11.1 Å². The van der Waals surface area contributed by atoms with Crippen LogP contribution in [0.4, 0.5) is 0 Å². The van der Waals surface area contributed by atoms with Crippen LogP contribution in [-0.2, 0) is 4.79 Å². The largest absolute Gasteiger partial charge is 0.481 e. The Labute approximate surface area is 110 Å². The average Bonchev–Trinajstić information content (AvgIpc) is 2.63. The minimum Gasteiger partial charge on any atom is -0.481 e. The molecule has 1 atom stereocenters. The van der Waals surface area contributed by atoms with Crippen molar-refractivity contribution in [1.29, 1.82) is 0 Å². The molecule has 2 aromatic rings. The number of aliphatic carboxylic acids is 1. The summed E-state index contributed by atoms with van der Waals surface area (Å²) in [5.74, 6) is -0.880. The van der Waals surface area contributed by atoms with E-state index in [0.717, 1.165) is 22.3 Å². The Bertz CT molecular complexity index is 634. The number of hydrogen-bond donors (Lipinski definition) is 1. The maximum Gasteiger partial charge on any atom is 0.304 e. The van der Waals surface area contributed by atoms with Gasteiger partial charge in [0, 0.05) is 10.9 Å². The van der Waals surface area contributed by atoms with Crippen LogP contribution in [-0.4, -0.2) is 11.1 Å². The van der Waals surface area contributed by atoms with Crippen molar-refractivity contribution < 1.29 is 9.90 Å². The molecule has 0 amide bonds. The van der Waals surface area contributed by atoms with Crippen molar-refractivity contribution in [2.24, 2.45) is 0 Å². The van der Waals surface area contributed by atoms with Crippen LogP contribution in [0.5, 0.6) is 0 Å². The third-order valence-electron chi connectivity index (χ3n) is 3.39. The van der Waals surface area contributed by atoms with Gasteiger partial charge in [-0.15, -0.1) is 0 Å². The van der Waals surface area contributed by atoms with Gasteiger partial charge in [-0.05, 0) is 34.4 Å². The van der Waals surface area contributed by atoms with Crippen LogP contribution in [0, 0.1) is 0 Å². The Kier molecular flexibility index (Phi) is 2.60. The molecule has 0 saturated carbocycles. The molecule has 18 heavy (non-hydrogen) atoms. The second kappa shape index (κ2) is 4.14. The highest BCUT2D eigenvalue weighted by atomic mass is 35.5. The lowest BCUT2D eigenvalue weighted by molar-refractivity contribution is -0.137. The van der Waals surface area contributed by atoms with Crippen LogP contribution in [0.3, 0.4) is 0 Å². The standard InChI is InChI=1S/C15H11ClO2/c16-9-5-6-12-10-3-1-2-4-11(10)14(8-15(17)18)13(12)7-9/h1-7,14H,8H2,(H,17,18). The zero-order valence-corrected chi connectivity index (χ0v) is 10.3. The smallest absolute Gasteiger partial charge is 0.304 e. The Morgan fingerprint density at radius 1 is 1.11 bits per heavy atom. The van der Waals surface area contributed by atoms with Crippen molar-refractivity contribution in [2.75, 3.05) is 0 Å². The van der Waals surface area contributed by atoms with Gasteiger partial charge < -0.3 is 5.11 Å². The predicted octanol–water partition coefficient (Wildman–Crippen LogP) is 3.93. The zero-order valence-electron chi connectivity index (χ0n) is 9.56. The van der Waals surface area contributed by atoms with E-state index in [1.165, 1.54) is 0 Å². The SMILES string of the molecule is O=C(O)CC1c2ccccc2-c2ccc(Cl)cc21. The number of carboxylic acid groups (broad SMARTS) is 1. The zero-order chi connectivity index (χ0) is 12.7. The predicted molar refractivity (Wildman–Crippen MR) is 71.0 cm³/mol. The summed E-state index contributed by atoms with van der Waals surface area (Å²) in [5, 5.41) is 9.71. The van der Waals surface area contributed by atoms with Crippen molar-refractivity contribution >= 4 is 17.6 Å². The number of fused-ring (bicyclic) bond motifs is 3. The molecule has 0 aliphatic heterocycles. The molecule has 3 rings (SSSR count). The summed E-state index contributed by atoms with van der Waals surface area (Å²) in [6, 6.07) is 13.6. The van der Waals surface area contributed by atoms with E-state index in [0.29, 0.717) is 5.02 Å². The number of carboxylic acids is 1. The molecule has 2 aromatic carbocycles. The first kappa shape index (κ1) is 11.3. The molecule has 3 heteroatoms. The van der Waals surface area contributed by atoms with Crippen molar-refractivity contribution in [2.45, 2.75) is 12.3 Å². The van der Waals surface area contributed by atoms with Gasteiger partial charge in [-0.2, -0.15) is 0 Å². The summed E-state index contributed by atoms with van der Waals surface area (Å²) in [7, 11) is 0. The van der Waals surface area contributed by atoms with Gasteiger partial charge in [-0.1, -0.05) is 41.9 Å².